The Kier molecular flexibility index (Phi) is 5.50. The predicted molar refractivity (Wildman–Crippen MR) is 77.0 cm³/mol. The van der Waals surface area contributed by atoms with Crippen molar-refractivity contribution in [2.75, 3.05) is 7.11 Å². The fourth-order valence-electron chi connectivity index (χ4n) is 1.49. The van der Waals surface area contributed by atoms with Crippen molar-refractivity contribution < 1.29 is 19.1 Å². The van der Waals surface area contributed by atoms with E-state index in [0.717, 1.165) is 11.1 Å². The second-order valence-corrected chi connectivity index (χ2v) is 5.36. The van der Waals surface area contributed by atoms with Crippen molar-refractivity contribution in [3.63, 3.8) is 0 Å². The standard InChI is InChI=1S/C16H20O4/c1-16(2,3)20-14(17)10-9-12-5-7-13(8-6-12)11-15(18)19-4/h5-10H,11H2,1-4H3/b10-9+. The zero-order chi connectivity index (χ0) is 15.2. The van der Waals surface area contributed by atoms with Crippen molar-refractivity contribution in [3.05, 3.63) is 41.5 Å². The summed E-state index contributed by atoms with van der Waals surface area (Å²) in [4.78, 5) is 22.6. The van der Waals surface area contributed by atoms with Crippen molar-refractivity contribution in [2.24, 2.45) is 0 Å². The van der Waals surface area contributed by atoms with Gasteiger partial charge in [0.1, 0.15) is 5.60 Å². The summed E-state index contributed by atoms with van der Waals surface area (Å²) in [6, 6.07) is 7.32. The number of benzene rings is 1. The third kappa shape index (κ3) is 6.18. The van der Waals surface area contributed by atoms with E-state index >= 15 is 0 Å². The van der Waals surface area contributed by atoms with Gasteiger partial charge in [-0.15, -0.1) is 0 Å². The Hall–Kier alpha value is -2.10. The molecule has 1 aromatic rings. The SMILES string of the molecule is COC(=O)Cc1ccc(/C=C/C(=O)OC(C)(C)C)cc1. The molecular weight excluding hydrogens is 256 g/mol. The molecule has 0 saturated heterocycles. The van der Waals surface area contributed by atoms with Gasteiger partial charge in [-0.05, 0) is 38.0 Å². The Balaban J connectivity index is 2.61. The summed E-state index contributed by atoms with van der Waals surface area (Å²) < 4.78 is 9.76. The number of carbonyl (C=O) groups excluding carboxylic acids is 2. The van der Waals surface area contributed by atoms with Crippen LogP contribution in [0.2, 0.25) is 0 Å². The molecule has 0 aliphatic rings. The molecule has 0 unspecified atom stereocenters. The monoisotopic (exact) mass is 276 g/mol. The smallest absolute Gasteiger partial charge is 0.331 e. The quantitative estimate of drug-likeness (QED) is 0.627. The molecule has 0 aliphatic carbocycles. The van der Waals surface area contributed by atoms with Crippen LogP contribution in [0.15, 0.2) is 30.3 Å². The second-order valence-electron chi connectivity index (χ2n) is 5.36. The first kappa shape index (κ1) is 16.0. The van der Waals surface area contributed by atoms with Crippen LogP contribution >= 0.6 is 0 Å². The number of rotatable bonds is 4. The maximum Gasteiger partial charge on any atom is 0.331 e. The van der Waals surface area contributed by atoms with Gasteiger partial charge in [0.2, 0.25) is 0 Å². The van der Waals surface area contributed by atoms with Gasteiger partial charge in [-0.3, -0.25) is 4.79 Å². The summed E-state index contributed by atoms with van der Waals surface area (Å²) in [5, 5.41) is 0. The largest absolute Gasteiger partial charge is 0.469 e. The minimum Gasteiger partial charge on any atom is -0.469 e. The molecule has 0 radical (unpaired) electrons. The number of methoxy groups -OCH3 is 1. The highest BCUT2D eigenvalue weighted by atomic mass is 16.6. The molecule has 0 bridgehead atoms. The number of esters is 2. The molecule has 108 valence electrons. The second kappa shape index (κ2) is 6.89. The minimum absolute atomic E-state index is 0.243. The molecule has 0 amide bonds. The molecule has 0 aromatic heterocycles. The predicted octanol–water partition coefficient (Wildman–Crippen LogP) is 2.76. The van der Waals surface area contributed by atoms with Crippen LogP contribution in [0.3, 0.4) is 0 Å². The molecule has 1 rings (SSSR count). The van der Waals surface area contributed by atoms with Crippen LogP contribution in [0, 0.1) is 0 Å². The van der Waals surface area contributed by atoms with Crippen LogP contribution < -0.4 is 0 Å². The third-order valence-corrected chi connectivity index (χ3v) is 2.37. The van der Waals surface area contributed by atoms with Crippen LogP contribution in [-0.2, 0) is 25.5 Å². The zero-order valence-electron chi connectivity index (χ0n) is 12.3. The van der Waals surface area contributed by atoms with Gasteiger partial charge in [0.15, 0.2) is 0 Å². The lowest BCUT2D eigenvalue weighted by Gasteiger charge is -2.17. The van der Waals surface area contributed by atoms with E-state index in [1.165, 1.54) is 13.2 Å². The molecule has 0 N–H and O–H groups in total. The minimum atomic E-state index is -0.494. The average molecular weight is 276 g/mol. The molecule has 4 heteroatoms. The molecule has 0 saturated carbocycles. The van der Waals surface area contributed by atoms with Crippen LogP contribution in [-0.4, -0.2) is 24.6 Å². The average Bonchev–Trinajstić information content (AvgIpc) is 2.36. The first-order chi connectivity index (χ1) is 9.30. The summed E-state index contributed by atoms with van der Waals surface area (Å²) in [5.74, 6) is -0.654. The summed E-state index contributed by atoms with van der Waals surface area (Å²) in [6.07, 6.45) is 3.31. The van der Waals surface area contributed by atoms with E-state index in [1.807, 2.05) is 45.0 Å². The normalized spacial score (nSPS) is 11.4. The molecular formula is C16H20O4. The fraction of sp³-hybridized carbons (Fsp3) is 0.375. The summed E-state index contributed by atoms with van der Waals surface area (Å²) in [5.41, 5.74) is 1.24. The van der Waals surface area contributed by atoms with Crippen molar-refractivity contribution in [3.8, 4) is 0 Å². The van der Waals surface area contributed by atoms with Crippen LogP contribution in [0.4, 0.5) is 0 Å². The van der Waals surface area contributed by atoms with Crippen molar-refractivity contribution >= 4 is 18.0 Å². The topological polar surface area (TPSA) is 52.6 Å². The van der Waals surface area contributed by atoms with E-state index in [-0.39, 0.29) is 18.4 Å². The number of hydrogen-bond donors (Lipinski definition) is 0. The van der Waals surface area contributed by atoms with Crippen molar-refractivity contribution in [1.29, 1.82) is 0 Å². The van der Waals surface area contributed by atoms with Crippen LogP contribution in [0.5, 0.6) is 0 Å². The first-order valence-electron chi connectivity index (χ1n) is 6.37. The zero-order valence-corrected chi connectivity index (χ0v) is 12.3. The van der Waals surface area contributed by atoms with Crippen LogP contribution in [0.1, 0.15) is 31.9 Å². The molecule has 0 heterocycles. The Labute approximate surface area is 119 Å². The number of ether oxygens (including phenoxy) is 2. The van der Waals surface area contributed by atoms with E-state index in [1.54, 1.807) is 6.08 Å². The van der Waals surface area contributed by atoms with E-state index in [4.69, 9.17) is 4.74 Å². The maximum atomic E-state index is 11.5. The maximum absolute atomic E-state index is 11.5. The van der Waals surface area contributed by atoms with Crippen molar-refractivity contribution in [2.45, 2.75) is 32.8 Å². The van der Waals surface area contributed by atoms with Crippen molar-refractivity contribution in [1.82, 2.24) is 0 Å². The van der Waals surface area contributed by atoms with E-state index < -0.39 is 5.60 Å². The van der Waals surface area contributed by atoms with Gasteiger partial charge in [0, 0.05) is 6.08 Å². The fourth-order valence-corrected chi connectivity index (χ4v) is 1.49. The summed E-state index contributed by atoms with van der Waals surface area (Å²) in [7, 11) is 1.36. The highest BCUT2D eigenvalue weighted by Crippen LogP contribution is 2.10. The van der Waals surface area contributed by atoms with Gasteiger partial charge >= 0.3 is 11.9 Å². The Morgan fingerprint density at radius 2 is 1.75 bits per heavy atom. The van der Waals surface area contributed by atoms with E-state index in [0.29, 0.717) is 0 Å². The Bertz CT molecular complexity index is 492. The van der Waals surface area contributed by atoms with Gasteiger partial charge in [-0.2, -0.15) is 0 Å². The highest BCUT2D eigenvalue weighted by molar-refractivity contribution is 5.87. The lowest BCUT2D eigenvalue weighted by Crippen LogP contribution is -2.22. The molecule has 20 heavy (non-hydrogen) atoms. The Morgan fingerprint density at radius 1 is 1.15 bits per heavy atom. The third-order valence-electron chi connectivity index (χ3n) is 2.37. The molecule has 4 nitrogen and oxygen atoms in total. The summed E-state index contributed by atoms with van der Waals surface area (Å²) >= 11 is 0. The molecule has 0 fully saturated rings. The van der Waals surface area contributed by atoms with E-state index in [9.17, 15) is 9.59 Å². The number of carbonyl (C=O) groups is 2. The van der Waals surface area contributed by atoms with Gasteiger partial charge < -0.3 is 9.47 Å². The Morgan fingerprint density at radius 3 is 2.25 bits per heavy atom. The van der Waals surface area contributed by atoms with E-state index in [2.05, 4.69) is 4.74 Å². The highest BCUT2D eigenvalue weighted by Gasteiger charge is 2.13. The molecule has 0 atom stereocenters. The molecule has 0 spiro atoms. The van der Waals surface area contributed by atoms with Crippen LogP contribution in [0.25, 0.3) is 6.08 Å². The van der Waals surface area contributed by atoms with Gasteiger partial charge in [0.05, 0.1) is 13.5 Å². The van der Waals surface area contributed by atoms with Gasteiger partial charge in [-0.25, -0.2) is 4.79 Å². The summed E-state index contributed by atoms with van der Waals surface area (Å²) in [6.45, 7) is 5.46. The number of hydrogen-bond acceptors (Lipinski definition) is 4. The first-order valence-corrected chi connectivity index (χ1v) is 6.37. The molecule has 1 aromatic carbocycles. The van der Waals surface area contributed by atoms with Gasteiger partial charge in [0.25, 0.3) is 0 Å². The molecule has 0 aliphatic heterocycles. The lowest BCUT2D eigenvalue weighted by atomic mass is 10.1. The lowest BCUT2D eigenvalue weighted by molar-refractivity contribution is -0.148. The van der Waals surface area contributed by atoms with Gasteiger partial charge in [-0.1, -0.05) is 24.3 Å².